The molecular formula is C11H16ClNO. The number of hydrogen-bond acceptors (Lipinski definition) is 2. The van der Waals surface area contributed by atoms with Crippen LogP contribution in [0, 0.1) is 0 Å². The Bertz CT molecular complexity index is 271. The van der Waals surface area contributed by atoms with E-state index in [-0.39, 0.29) is 0 Å². The van der Waals surface area contributed by atoms with E-state index in [1.165, 1.54) is 0 Å². The molecule has 0 heterocycles. The summed E-state index contributed by atoms with van der Waals surface area (Å²) in [6.07, 6.45) is 0.351. The van der Waals surface area contributed by atoms with Crippen molar-refractivity contribution in [3.63, 3.8) is 0 Å². The van der Waals surface area contributed by atoms with Gasteiger partial charge in [-0.1, -0.05) is 23.7 Å². The molecule has 0 aromatic heterocycles. The van der Waals surface area contributed by atoms with Crippen molar-refractivity contribution >= 4 is 11.6 Å². The highest BCUT2D eigenvalue weighted by molar-refractivity contribution is 6.30. The minimum absolute atomic E-state index is 0.394. The number of aliphatic hydroxyl groups excluding tert-OH is 1. The molecule has 1 N–H and O–H groups in total. The van der Waals surface area contributed by atoms with E-state index < -0.39 is 6.10 Å². The molecule has 0 spiro atoms. The van der Waals surface area contributed by atoms with Crippen molar-refractivity contribution in [2.45, 2.75) is 12.5 Å². The number of halogens is 1. The lowest BCUT2D eigenvalue weighted by atomic mass is 10.1. The molecule has 0 fully saturated rings. The second-order valence-corrected chi connectivity index (χ2v) is 4.10. The summed E-state index contributed by atoms with van der Waals surface area (Å²) in [4.78, 5) is 2.05. The van der Waals surface area contributed by atoms with E-state index in [1.54, 1.807) is 12.1 Å². The number of hydrogen-bond donors (Lipinski definition) is 1. The van der Waals surface area contributed by atoms with Crippen molar-refractivity contribution in [3.05, 3.63) is 34.9 Å². The first kappa shape index (κ1) is 11.5. The smallest absolute Gasteiger partial charge is 0.0802 e. The van der Waals surface area contributed by atoms with Crippen LogP contribution in [0.5, 0.6) is 0 Å². The molecule has 0 aliphatic carbocycles. The Hall–Kier alpha value is -0.570. The highest BCUT2D eigenvalue weighted by Gasteiger charge is 2.07. The molecule has 78 valence electrons. The van der Waals surface area contributed by atoms with Crippen LogP contribution >= 0.6 is 11.6 Å². The van der Waals surface area contributed by atoms with Gasteiger partial charge in [-0.25, -0.2) is 0 Å². The van der Waals surface area contributed by atoms with Crippen LogP contribution in [0.3, 0.4) is 0 Å². The third-order valence-corrected chi connectivity index (χ3v) is 2.36. The molecule has 2 nitrogen and oxygen atoms in total. The van der Waals surface area contributed by atoms with Crippen molar-refractivity contribution in [1.29, 1.82) is 0 Å². The number of rotatable bonds is 4. The predicted octanol–water partition coefficient (Wildman–Crippen LogP) is 2.33. The van der Waals surface area contributed by atoms with Gasteiger partial charge in [-0.3, -0.25) is 0 Å². The van der Waals surface area contributed by atoms with E-state index in [2.05, 4.69) is 4.90 Å². The van der Waals surface area contributed by atoms with Gasteiger partial charge in [0.2, 0.25) is 0 Å². The fourth-order valence-corrected chi connectivity index (χ4v) is 1.36. The molecule has 0 saturated carbocycles. The maximum absolute atomic E-state index is 9.79. The zero-order valence-electron chi connectivity index (χ0n) is 8.57. The molecule has 3 heteroatoms. The van der Waals surface area contributed by atoms with Crippen LogP contribution in [0.15, 0.2) is 24.3 Å². The van der Waals surface area contributed by atoms with Gasteiger partial charge >= 0.3 is 0 Å². The summed E-state index contributed by atoms with van der Waals surface area (Å²) in [5.74, 6) is 0. The summed E-state index contributed by atoms with van der Waals surface area (Å²) in [6, 6.07) is 7.33. The van der Waals surface area contributed by atoms with Crippen LogP contribution in [0.1, 0.15) is 18.1 Å². The second kappa shape index (κ2) is 5.35. The number of benzene rings is 1. The Balaban J connectivity index is 2.52. The SMILES string of the molecule is CN(C)CC[C@H](O)c1ccc(Cl)cc1. The molecule has 1 aromatic rings. The lowest BCUT2D eigenvalue weighted by Crippen LogP contribution is -2.15. The molecule has 0 aliphatic rings. The topological polar surface area (TPSA) is 23.5 Å². The van der Waals surface area contributed by atoms with Crippen LogP contribution in [0.4, 0.5) is 0 Å². The average molecular weight is 214 g/mol. The van der Waals surface area contributed by atoms with E-state index in [4.69, 9.17) is 11.6 Å². The highest BCUT2D eigenvalue weighted by atomic mass is 35.5. The lowest BCUT2D eigenvalue weighted by molar-refractivity contribution is 0.154. The third kappa shape index (κ3) is 3.66. The zero-order valence-corrected chi connectivity index (χ0v) is 9.33. The molecule has 0 aliphatic heterocycles. The van der Waals surface area contributed by atoms with Crippen molar-refractivity contribution in [1.82, 2.24) is 4.90 Å². The highest BCUT2D eigenvalue weighted by Crippen LogP contribution is 2.18. The zero-order chi connectivity index (χ0) is 10.6. The third-order valence-electron chi connectivity index (χ3n) is 2.10. The molecule has 0 saturated heterocycles. The monoisotopic (exact) mass is 213 g/mol. The number of nitrogens with zero attached hydrogens (tertiary/aromatic N) is 1. The summed E-state index contributed by atoms with van der Waals surface area (Å²) >= 11 is 5.75. The summed E-state index contributed by atoms with van der Waals surface area (Å²) in [5, 5.41) is 10.5. The standard InChI is InChI=1S/C11H16ClNO/c1-13(2)8-7-11(14)9-3-5-10(12)6-4-9/h3-6,11,14H,7-8H2,1-2H3/t11-/m0/s1. The van der Waals surface area contributed by atoms with E-state index in [0.29, 0.717) is 5.02 Å². The van der Waals surface area contributed by atoms with Crippen molar-refractivity contribution in [3.8, 4) is 0 Å². The van der Waals surface area contributed by atoms with Crippen molar-refractivity contribution in [2.75, 3.05) is 20.6 Å². The normalized spacial score (nSPS) is 13.2. The van der Waals surface area contributed by atoms with Crippen LogP contribution in [-0.4, -0.2) is 30.6 Å². The first-order valence-electron chi connectivity index (χ1n) is 4.68. The molecule has 1 atom stereocenters. The minimum Gasteiger partial charge on any atom is -0.388 e. The van der Waals surface area contributed by atoms with E-state index in [9.17, 15) is 5.11 Å². The number of aliphatic hydroxyl groups is 1. The summed E-state index contributed by atoms with van der Waals surface area (Å²) in [5.41, 5.74) is 0.927. The molecule has 0 bridgehead atoms. The molecule has 14 heavy (non-hydrogen) atoms. The Morgan fingerprint density at radius 1 is 1.29 bits per heavy atom. The Morgan fingerprint density at radius 3 is 2.36 bits per heavy atom. The maximum atomic E-state index is 9.79. The first-order chi connectivity index (χ1) is 6.59. The van der Waals surface area contributed by atoms with Gasteiger partial charge in [0.15, 0.2) is 0 Å². The van der Waals surface area contributed by atoms with Crippen molar-refractivity contribution in [2.24, 2.45) is 0 Å². The van der Waals surface area contributed by atoms with Gasteiger partial charge in [0.1, 0.15) is 0 Å². The summed E-state index contributed by atoms with van der Waals surface area (Å²) < 4.78 is 0. The first-order valence-corrected chi connectivity index (χ1v) is 5.05. The molecule has 0 unspecified atom stereocenters. The van der Waals surface area contributed by atoms with Crippen LogP contribution in [-0.2, 0) is 0 Å². The molecule has 1 rings (SSSR count). The molecule has 0 radical (unpaired) electrons. The predicted molar refractivity (Wildman–Crippen MR) is 59.6 cm³/mol. The largest absolute Gasteiger partial charge is 0.388 e. The van der Waals surface area contributed by atoms with Gasteiger partial charge in [0.25, 0.3) is 0 Å². The molecule has 1 aromatic carbocycles. The Labute approximate surface area is 90.1 Å². The summed E-state index contributed by atoms with van der Waals surface area (Å²) in [6.45, 7) is 0.879. The van der Waals surface area contributed by atoms with Crippen molar-refractivity contribution < 1.29 is 5.11 Å². The summed E-state index contributed by atoms with van der Waals surface area (Å²) in [7, 11) is 3.99. The fourth-order valence-electron chi connectivity index (χ4n) is 1.23. The van der Waals surface area contributed by atoms with Gasteiger partial charge in [0, 0.05) is 11.6 Å². The van der Waals surface area contributed by atoms with Gasteiger partial charge in [-0.2, -0.15) is 0 Å². The average Bonchev–Trinajstić information content (AvgIpc) is 2.15. The Kier molecular flexibility index (Phi) is 4.39. The molecule has 0 amide bonds. The van der Waals surface area contributed by atoms with E-state index >= 15 is 0 Å². The van der Waals surface area contributed by atoms with Gasteiger partial charge < -0.3 is 10.0 Å². The quantitative estimate of drug-likeness (QED) is 0.830. The van der Waals surface area contributed by atoms with Gasteiger partial charge in [-0.05, 0) is 38.2 Å². The maximum Gasteiger partial charge on any atom is 0.0802 e. The second-order valence-electron chi connectivity index (χ2n) is 3.66. The van der Waals surface area contributed by atoms with E-state index in [0.717, 1.165) is 18.5 Å². The van der Waals surface area contributed by atoms with Crippen LogP contribution in [0.25, 0.3) is 0 Å². The molecular weight excluding hydrogens is 198 g/mol. The van der Waals surface area contributed by atoms with E-state index in [1.807, 2.05) is 26.2 Å². The fraction of sp³-hybridized carbons (Fsp3) is 0.455. The van der Waals surface area contributed by atoms with Crippen LogP contribution < -0.4 is 0 Å². The minimum atomic E-state index is -0.394. The lowest BCUT2D eigenvalue weighted by Gasteiger charge is -2.14. The van der Waals surface area contributed by atoms with Gasteiger partial charge in [-0.15, -0.1) is 0 Å². The van der Waals surface area contributed by atoms with Gasteiger partial charge in [0.05, 0.1) is 6.10 Å². The Morgan fingerprint density at radius 2 is 1.86 bits per heavy atom. The van der Waals surface area contributed by atoms with Crippen LogP contribution in [0.2, 0.25) is 5.02 Å².